The van der Waals surface area contributed by atoms with Crippen LogP contribution in [-0.4, -0.2) is 0 Å². The number of hydrogen-bond acceptors (Lipinski definition) is 0. The van der Waals surface area contributed by atoms with Gasteiger partial charge in [0.15, 0.2) is 0 Å². The summed E-state index contributed by atoms with van der Waals surface area (Å²) in [7, 11) is 0. The van der Waals surface area contributed by atoms with E-state index in [4.69, 9.17) is 0 Å². The Morgan fingerprint density at radius 1 is 1.25 bits per heavy atom. The molecule has 0 heterocycles. The van der Waals surface area contributed by atoms with Crippen LogP contribution < -0.4 is 0 Å². The van der Waals surface area contributed by atoms with E-state index in [1.54, 1.807) is 0 Å². The van der Waals surface area contributed by atoms with Crippen molar-refractivity contribution in [1.82, 2.24) is 0 Å². The van der Waals surface area contributed by atoms with Crippen molar-refractivity contribution in [3.8, 4) is 0 Å². The van der Waals surface area contributed by atoms with Crippen molar-refractivity contribution >= 4 is 0 Å². The minimum Gasteiger partial charge on any atom is -0.236 e. The van der Waals surface area contributed by atoms with Gasteiger partial charge in [-0.25, -0.2) is 4.39 Å². The Kier molecular flexibility index (Phi) is 3.68. The Labute approximate surface area is 61.4 Å². The minimum atomic E-state index is -0.209. The van der Waals surface area contributed by atoms with E-state index < -0.39 is 0 Å². The molecule has 0 saturated heterocycles. The summed E-state index contributed by atoms with van der Waals surface area (Å²) in [5.74, 6) is -0.209. The molecular formula is C6H4FRe-. The molecule has 0 amide bonds. The van der Waals surface area contributed by atoms with E-state index in [2.05, 4.69) is 6.07 Å². The summed E-state index contributed by atoms with van der Waals surface area (Å²) >= 11 is 0. The SMILES string of the molecule is Fc1cc[c-]cc1.[Re]. The molecule has 43 valence electrons. The summed E-state index contributed by atoms with van der Waals surface area (Å²) in [6.07, 6.45) is 0. The third kappa shape index (κ3) is 2.21. The third-order valence-corrected chi connectivity index (χ3v) is 0.678. The topological polar surface area (TPSA) is 0 Å². The minimum absolute atomic E-state index is 0. The fraction of sp³-hybridized carbons (Fsp3) is 0. The average Bonchev–Trinajstić information content (AvgIpc) is 1.69. The van der Waals surface area contributed by atoms with Crippen LogP contribution in [0.3, 0.4) is 0 Å². The predicted molar refractivity (Wildman–Crippen MR) is 25.2 cm³/mol. The Balaban J connectivity index is 0.000000490. The molecule has 0 nitrogen and oxygen atoms in total. The van der Waals surface area contributed by atoms with Gasteiger partial charge in [-0.3, -0.25) is 0 Å². The second-order valence-corrected chi connectivity index (χ2v) is 1.22. The van der Waals surface area contributed by atoms with Gasteiger partial charge in [0.05, 0.1) is 0 Å². The molecule has 0 unspecified atom stereocenters. The summed E-state index contributed by atoms with van der Waals surface area (Å²) < 4.78 is 11.9. The molecule has 1 aromatic rings. The first kappa shape index (κ1) is 7.81. The third-order valence-electron chi connectivity index (χ3n) is 0.678. The molecule has 0 spiro atoms. The summed E-state index contributed by atoms with van der Waals surface area (Å²) in [5.41, 5.74) is 0. The maximum absolute atomic E-state index is 11.9. The second kappa shape index (κ2) is 3.77. The van der Waals surface area contributed by atoms with Crippen LogP contribution in [0.1, 0.15) is 0 Å². The van der Waals surface area contributed by atoms with Gasteiger partial charge in [-0.2, -0.15) is 18.2 Å². The van der Waals surface area contributed by atoms with Crippen LogP contribution in [0.4, 0.5) is 4.39 Å². The van der Waals surface area contributed by atoms with Gasteiger partial charge in [-0.15, -0.1) is 12.1 Å². The second-order valence-electron chi connectivity index (χ2n) is 1.22. The van der Waals surface area contributed by atoms with Crippen LogP contribution in [-0.2, 0) is 20.4 Å². The van der Waals surface area contributed by atoms with Crippen molar-refractivity contribution < 1.29 is 24.8 Å². The largest absolute Gasteiger partial charge is 0.236 e. The van der Waals surface area contributed by atoms with E-state index in [-0.39, 0.29) is 26.2 Å². The van der Waals surface area contributed by atoms with Crippen LogP contribution in [0.15, 0.2) is 24.3 Å². The Morgan fingerprint density at radius 3 is 2.00 bits per heavy atom. The van der Waals surface area contributed by atoms with Crippen molar-refractivity contribution in [2.45, 2.75) is 0 Å². The van der Waals surface area contributed by atoms with Gasteiger partial charge in [-0.1, -0.05) is 0 Å². The van der Waals surface area contributed by atoms with Crippen LogP contribution in [0, 0.1) is 11.9 Å². The van der Waals surface area contributed by atoms with E-state index in [0.29, 0.717) is 0 Å². The van der Waals surface area contributed by atoms with E-state index in [0.717, 1.165) is 0 Å². The molecular weight excluding hydrogens is 277 g/mol. The number of benzene rings is 1. The number of rotatable bonds is 0. The van der Waals surface area contributed by atoms with Gasteiger partial charge in [-0.05, 0) is 0 Å². The maximum atomic E-state index is 11.9. The quantitative estimate of drug-likeness (QED) is 0.634. The molecule has 1 radical (unpaired) electrons. The van der Waals surface area contributed by atoms with Gasteiger partial charge in [0.25, 0.3) is 0 Å². The van der Waals surface area contributed by atoms with Crippen molar-refractivity contribution in [2.24, 2.45) is 0 Å². The molecule has 1 aromatic carbocycles. The van der Waals surface area contributed by atoms with E-state index >= 15 is 0 Å². The molecule has 0 aliphatic carbocycles. The molecule has 1 rings (SSSR count). The van der Waals surface area contributed by atoms with Crippen molar-refractivity contribution in [3.63, 3.8) is 0 Å². The molecule has 0 atom stereocenters. The Morgan fingerprint density at radius 2 is 1.75 bits per heavy atom. The van der Waals surface area contributed by atoms with E-state index in [9.17, 15) is 4.39 Å². The fourth-order valence-corrected chi connectivity index (χ4v) is 0.367. The van der Waals surface area contributed by atoms with Crippen LogP contribution in [0.25, 0.3) is 0 Å². The fourth-order valence-electron chi connectivity index (χ4n) is 0.367. The zero-order chi connectivity index (χ0) is 5.11. The van der Waals surface area contributed by atoms with Gasteiger partial charge in [0.2, 0.25) is 0 Å². The Hall–Kier alpha value is -0.188. The smallest absolute Gasteiger partial charge is 0.0151 e. The maximum Gasteiger partial charge on any atom is 0.0151 e. The molecule has 0 aromatic heterocycles. The zero-order valence-electron chi connectivity index (χ0n) is 4.07. The molecule has 0 fully saturated rings. The Bertz CT molecular complexity index is 138. The normalized spacial score (nSPS) is 7.62. The first-order chi connectivity index (χ1) is 3.39. The average molecular weight is 281 g/mol. The predicted octanol–water partition coefficient (Wildman–Crippen LogP) is 1.62. The number of hydrogen-bond donors (Lipinski definition) is 0. The summed E-state index contributed by atoms with van der Waals surface area (Å²) in [5, 5.41) is 0. The van der Waals surface area contributed by atoms with Crippen LogP contribution in [0.5, 0.6) is 0 Å². The molecule has 0 bridgehead atoms. The first-order valence-corrected chi connectivity index (χ1v) is 2.01. The molecule has 0 N–H and O–H groups in total. The van der Waals surface area contributed by atoms with Crippen LogP contribution in [0.2, 0.25) is 0 Å². The van der Waals surface area contributed by atoms with E-state index in [1.807, 2.05) is 0 Å². The summed E-state index contributed by atoms with van der Waals surface area (Å²) in [6, 6.07) is 8.49. The van der Waals surface area contributed by atoms with Gasteiger partial charge in [0.1, 0.15) is 0 Å². The molecule has 2 heteroatoms. The van der Waals surface area contributed by atoms with Gasteiger partial charge >= 0.3 is 0 Å². The standard InChI is InChI=1S/C6H4F.Re/c7-6-4-2-1-3-5-6;/h2-5H;/q-1;. The van der Waals surface area contributed by atoms with E-state index in [1.165, 1.54) is 24.3 Å². The first-order valence-electron chi connectivity index (χ1n) is 2.01. The molecule has 0 aliphatic rings. The van der Waals surface area contributed by atoms with Crippen molar-refractivity contribution in [3.05, 3.63) is 36.1 Å². The summed E-state index contributed by atoms with van der Waals surface area (Å²) in [6.45, 7) is 0. The van der Waals surface area contributed by atoms with Gasteiger partial charge < -0.3 is 0 Å². The molecule has 8 heavy (non-hydrogen) atoms. The molecule has 0 saturated carbocycles. The van der Waals surface area contributed by atoms with Crippen LogP contribution >= 0.6 is 0 Å². The number of halogens is 1. The van der Waals surface area contributed by atoms with Crippen molar-refractivity contribution in [2.75, 3.05) is 0 Å². The van der Waals surface area contributed by atoms with Crippen molar-refractivity contribution in [1.29, 1.82) is 0 Å². The van der Waals surface area contributed by atoms with Gasteiger partial charge in [0, 0.05) is 26.2 Å². The monoisotopic (exact) mass is 282 g/mol. The zero-order valence-corrected chi connectivity index (χ0v) is 6.78. The summed E-state index contributed by atoms with van der Waals surface area (Å²) in [4.78, 5) is 0. The molecule has 0 aliphatic heterocycles.